The number of aliphatic hydroxyl groups excluding tert-OH is 1. The molecule has 0 spiro atoms. The zero-order valence-electron chi connectivity index (χ0n) is 11.9. The Hall–Kier alpha value is 0.340. The molecule has 0 aromatic heterocycles. The van der Waals surface area contributed by atoms with Gasteiger partial charge in [0, 0.05) is 26.1 Å². The summed E-state index contributed by atoms with van der Waals surface area (Å²) in [4.78, 5) is -2.43. The summed E-state index contributed by atoms with van der Waals surface area (Å²) in [5, 5.41) is 9.29. The first kappa shape index (κ1) is 17.7. The maximum Gasteiger partial charge on any atom is 0.217 e. The van der Waals surface area contributed by atoms with Crippen molar-refractivity contribution in [2.45, 2.75) is 35.3 Å². The fourth-order valence-electron chi connectivity index (χ4n) is 3.59. The SMILES string of the molecule is COC1(OC)C2(Cl)CC(C)(CC#CCO)C1(Cl)C(Cl)=C2Cl. The average Bonchev–Trinajstić information content (AvgIpc) is 2.68. The van der Waals surface area contributed by atoms with Crippen molar-refractivity contribution >= 4 is 46.4 Å². The lowest BCUT2D eigenvalue weighted by atomic mass is 9.73. The molecule has 1 N–H and O–H groups in total. The van der Waals surface area contributed by atoms with E-state index in [4.69, 9.17) is 61.0 Å². The van der Waals surface area contributed by atoms with Gasteiger partial charge in [-0.1, -0.05) is 36.0 Å². The lowest BCUT2D eigenvalue weighted by Crippen LogP contribution is -2.58. The standard InChI is InChI=1S/C14H16Cl4O3/c1-11(6-4-5-7-19)8-12(17)9(15)10(16)13(11,18)14(12,20-2)21-3/h19H,6-8H2,1-3H3. The van der Waals surface area contributed by atoms with Gasteiger partial charge in [0.2, 0.25) is 5.79 Å². The van der Waals surface area contributed by atoms with Crippen LogP contribution in [0.2, 0.25) is 0 Å². The molecule has 3 nitrogen and oxygen atoms in total. The summed E-state index contributed by atoms with van der Waals surface area (Å²) in [7, 11) is 2.92. The summed E-state index contributed by atoms with van der Waals surface area (Å²) in [5.74, 6) is 4.11. The number of hydrogen-bond acceptors (Lipinski definition) is 3. The molecule has 1 saturated carbocycles. The second kappa shape index (κ2) is 5.46. The van der Waals surface area contributed by atoms with Gasteiger partial charge in [-0.2, -0.15) is 0 Å². The maximum atomic E-state index is 8.82. The molecule has 0 aromatic rings. The van der Waals surface area contributed by atoms with E-state index < -0.39 is 21.0 Å². The maximum absolute atomic E-state index is 8.82. The van der Waals surface area contributed by atoms with E-state index in [2.05, 4.69) is 11.8 Å². The van der Waals surface area contributed by atoms with Gasteiger partial charge in [-0.15, -0.1) is 29.1 Å². The first-order valence-corrected chi connectivity index (χ1v) is 7.83. The largest absolute Gasteiger partial charge is 0.384 e. The number of halogens is 4. The third-order valence-electron chi connectivity index (χ3n) is 4.54. The van der Waals surface area contributed by atoms with Crippen LogP contribution in [0.5, 0.6) is 0 Å². The number of hydrogen-bond donors (Lipinski definition) is 1. The molecule has 0 aromatic carbocycles. The Kier molecular flexibility index (Phi) is 4.60. The third kappa shape index (κ3) is 1.82. The van der Waals surface area contributed by atoms with Crippen LogP contribution >= 0.6 is 46.4 Å². The number of ether oxygens (including phenoxy) is 2. The van der Waals surface area contributed by atoms with Crippen molar-refractivity contribution in [2.24, 2.45) is 5.41 Å². The fourth-order valence-corrected chi connectivity index (χ4v) is 5.81. The van der Waals surface area contributed by atoms with Crippen LogP contribution in [0.25, 0.3) is 0 Å². The Balaban J connectivity index is 2.63. The van der Waals surface area contributed by atoms with Crippen molar-refractivity contribution < 1.29 is 14.6 Å². The molecule has 3 atom stereocenters. The van der Waals surface area contributed by atoms with Gasteiger partial charge in [-0.25, -0.2) is 0 Å². The van der Waals surface area contributed by atoms with Gasteiger partial charge in [0.1, 0.15) is 16.4 Å². The van der Waals surface area contributed by atoms with Crippen molar-refractivity contribution in [1.82, 2.24) is 0 Å². The first-order valence-electron chi connectivity index (χ1n) is 6.31. The topological polar surface area (TPSA) is 38.7 Å². The zero-order valence-corrected chi connectivity index (χ0v) is 14.9. The number of aliphatic hydroxyl groups is 1. The number of rotatable bonds is 3. The van der Waals surface area contributed by atoms with E-state index in [-0.39, 0.29) is 16.7 Å². The van der Waals surface area contributed by atoms with Gasteiger partial charge in [-0.05, 0) is 6.42 Å². The van der Waals surface area contributed by atoms with E-state index >= 15 is 0 Å². The molecule has 21 heavy (non-hydrogen) atoms. The molecule has 2 aliphatic carbocycles. The molecule has 0 radical (unpaired) electrons. The Morgan fingerprint density at radius 3 is 2.14 bits per heavy atom. The van der Waals surface area contributed by atoms with Crippen molar-refractivity contribution in [3.05, 3.63) is 10.1 Å². The minimum atomic E-state index is -1.38. The van der Waals surface area contributed by atoms with E-state index in [1.807, 2.05) is 6.92 Å². The van der Waals surface area contributed by atoms with Gasteiger partial charge >= 0.3 is 0 Å². The Morgan fingerprint density at radius 1 is 1.14 bits per heavy atom. The highest BCUT2D eigenvalue weighted by Crippen LogP contribution is 2.76. The van der Waals surface area contributed by atoms with Crippen LogP contribution in [-0.2, 0) is 9.47 Å². The molecule has 2 aliphatic rings. The molecule has 0 saturated heterocycles. The lowest BCUT2D eigenvalue weighted by Gasteiger charge is -2.44. The summed E-state index contributed by atoms with van der Waals surface area (Å²) in [6, 6.07) is 0. The average molecular weight is 374 g/mol. The van der Waals surface area contributed by atoms with Crippen LogP contribution in [-0.4, -0.2) is 41.5 Å². The highest BCUT2D eigenvalue weighted by atomic mass is 35.5. The van der Waals surface area contributed by atoms with Crippen LogP contribution in [0.1, 0.15) is 19.8 Å². The molecule has 1 fully saturated rings. The van der Waals surface area contributed by atoms with Crippen LogP contribution < -0.4 is 0 Å². The van der Waals surface area contributed by atoms with Crippen molar-refractivity contribution in [3.8, 4) is 11.8 Å². The zero-order chi connectivity index (χ0) is 16.1. The first-order chi connectivity index (χ1) is 9.70. The van der Waals surface area contributed by atoms with Crippen molar-refractivity contribution in [1.29, 1.82) is 0 Å². The predicted octanol–water partition coefficient (Wildman–Crippen LogP) is 3.43. The second-order valence-electron chi connectivity index (χ2n) is 5.54. The highest BCUT2D eigenvalue weighted by molar-refractivity contribution is 6.52. The quantitative estimate of drug-likeness (QED) is 0.468. The molecule has 2 rings (SSSR count). The number of fused-ring (bicyclic) bond motifs is 2. The monoisotopic (exact) mass is 372 g/mol. The minimum absolute atomic E-state index is 0.221. The van der Waals surface area contributed by atoms with Crippen LogP contribution in [0.4, 0.5) is 0 Å². The highest BCUT2D eigenvalue weighted by Gasteiger charge is 2.84. The summed E-state index contributed by atoms with van der Waals surface area (Å²) in [6.45, 7) is 1.69. The molecule has 0 amide bonds. The Bertz CT molecular complexity index is 548. The van der Waals surface area contributed by atoms with Gasteiger partial charge < -0.3 is 14.6 Å². The Labute approximate surface area is 144 Å². The normalized spacial score (nSPS) is 40.4. The third-order valence-corrected chi connectivity index (χ3v) is 7.28. The summed E-state index contributed by atoms with van der Waals surface area (Å²) < 4.78 is 11.2. The molecule has 118 valence electrons. The van der Waals surface area contributed by atoms with E-state index in [1.54, 1.807) is 0 Å². The van der Waals surface area contributed by atoms with Gasteiger partial charge in [0.05, 0.1) is 10.1 Å². The van der Waals surface area contributed by atoms with E-state index in [9.17, 15) is 0 Å². The smallest absolute Gasteiger partial charge is 0.217 e. The molecular formula is C14H16Cl4O3. The van der Waals surface area contributed by atoms with Gasteiger partial charge in [0.25, 0.3) is 0 Å². The number of alkyl halides is 2. The van der Waals surface area contributed by atoms with Crippen molar-refractivity contribution in [3.63, 3.8) is 0 Å². The molecule has 2 bridgehead atoms. The van der Waals surface area contributed by atoms with Crippen LogP contribution in [0.15, 0.2) is 10.1 Å². The van der Waals surface area contributed by atoms with E-state index in [1.165, 1.54) is 14.2 Å². The summed E-state index contributed by atoms with van der Waals surface area (Å²) >= 11 is 26.4. The fraction of sp³-hybridized carbons (Fsp3) is 0.714. The lowest BCUT2D eigenvalue weighted by molar-refractivity contribution is -0.221. The van der Waals surface area contributed by atoms with Crippen LogP contribution in [0, 0.1) is 17.3 Å². The summed E-state index contributed by atoms with van der Waals surface area (Å²) in [6.07, 6.45) is 0.766. The molecule has 0 heterocycles. The Morgan fingerprint density at radius 2 is 1.71 bits per heavy atom. The van der Waals surface area contributed by atoms with Gasteiger partial charge in [-0.3, -0.25) is 0 Å². The minimum Gasteiger partial charge on any atom is -0.384 e. The molecular weight excluding hydrogens is 358 g/mol. The van der Waals surface area contributed by atoms with Crippen molar-refractivity contribution in [2.75, 3.05) is 20.8 Å². The second-order valence-corrected chi connectivity index (χ2v) is 7.51. The van der Waals surface area contributed by atoms with Crippen LogP contribution in [0.3, 0.4) is 0 Å². The number of methoxy groups -OCH3 is 2. The molecule has 0 aliphatic heterocycles. The molecule has 3 unspecified atom stereocenters. The van der Waals surface area contributed by atoms with E-state index in [0.717, 1.165) is 0 Å². The van der Waals surface area contributed by atoms with Gasteiger partial charge in [0.15, 0.2) is 0 Å². The van der Waals surface area contributed by atoms with E-state index in [0.29, 0.717) is 12.8 Å². The molecule has 7 heteroatoms. The summed E-state index contributed by atoms with van der Waals surface area (Å²) in [5.41, 5.74) is -0.625. The predicted molar refractivity (Wildman–Crippen MR) is 84.9 cm³/mol.